The average molecular weight is 687 g/mol. The van der Waals surface area contributed by atoms with Crippen molar-refractivity contribution >= 4 is 32.7 Å². The first-order valence-electron chi connectivity index (χ1n) is 18.2. The molecule has 9 rings (SSSR count). The molecule has 4 aliphatic heterocycles. The number of hydrogen-bond donors (Lipinski definition) is 1. The summed E-state index contributed by atoms with van der Waals surface area (Å²) in [6.07, 6.45) is 12.9. The predicted molar refractivity (Wildman–Crippen MR) is 186 cm³/mol. The highest BCUT2D eigenvalue weighted by Crippen LogP contribution is 2.56. The van der Waals surface area contributed by atoms with Crippen LogP contribution >= 0.6 is 0 Å². The van der Waals surface area contributed by atoms with Crippen LogP contribution in [0, 0.1) is 5.92 Å². The van der Waals surface area contributed by atoms with Crippen LogP contribution in [0.5, 0.6) is 5.75 Å². The molecule has 10 nitrogen and oxygen atoms in total. The Morgan fingerprint density at radius 3 is 2.59 bits per heavy atom. The van der Waals surface area contributed by atoms with Gasteiger partial charge in [-0.25, -0.2) is 13.1 Å². The smallest absolute Gasteiger partial charge is 0.265 e. The van der Waals surface area contributed by atoms with Gasteiger partial charge in [-0.15, -0.1) is 0 Å². The van der Waals surface area contributed by atoms with Crippen LogP contribution in [0.4, 0.5) is 0 Å². The highest BCUT2D eigenvalue weighted by molar-refractivity contribution is 7.90. The molecule has 5 heterocycles. The van der Waals surface area contributed by atoms with Crippen LogP contribution in [0.3, 0.4) is 0 Å². The van der Waals surface area contributed by atoms with Crippen LogP contribution in [0.15, 0.2) is 52.6 Å². The number of likely N-dealkylation sites (tertiary alicyclic amines) is 2. The van der Waals surface area contributed by atoms with Gasteiger partial charge in [0, 0.05) is 55.3 Å². The monoisotopic (exact) mass is 686 g/mol. The summed E-state index contributed by atoms with van der Waals surface area (Å²) in [6.45, 7) is 2.78. The Balaban J connectivity index is 1.16. The maximum Gasteiger partial charge on any atom is 0.265 e. The predicted octanol–water partition coefficient (Wildman–Crippen LogP) is 4.52. The van der Waals surface area contributed by atoms with Gasteiger partial charge in [-0.1, -0.05) is 37.5 Å². The second-order valence-electron chi connectivity index (χ2n) is 15.4. The standard InChI is InChI=1S/C38H46N4O6S/c1-40-18-23-16-24(19-40)42(23)38(44)28-12-6-11-27-33(28)31-17-29-32(47-2)14-13-26(22-8-4-3-5-9-22)36(29)41(31)20-30-34(27)35(30)37(43)39-49(45,46)21-25-10-7-15-48-25/h6,11,13-14,17,22-25,28,33H,3-5,7-10,12,15-16,18-21H2,1-2H3,(H,39,43)/t23?,24?,25?,28-,33?/m1/s1. The van der Waals surface area contributed by atoms with E-state index in [2.05, 4.69) is 56.5 Å². The average Bonchev–Trinajstić information content (AvgIpc) is 3.38. The molecule has 1 saturated carbocycles. The topological polar surface area (TPSA) is 110 Å². The molecule has 4 fully saturated rings. The number of amides is 2. The summed E-state index contributed by atoms with van der Waals surface area (Å²) in [7, 11) is -0.0625. The van der Waals surface area contributed by atoms with Crippen molar-refractivity contribution in [2.24, 2.45) is 5.92 Å². The lowest BCUT2D eigenvalue weighted by Crippen LogP contribution is -2.70. The number of piperidine rings is 1. The number of nitrogens with one attached hydrogen (secondary N) is 1. The molecule has 11 heteroatoms. The normalized spacial score (nSPS) is 29.7. The van der Waals surface area contributed by atoms with Gasteiger partial charge in [0.15, 0.2) is 0 Å². The SMILES string of the molecule is COc1ccc(C2CCCCC2)c2c1cc1n2CC2=C(C(=O)NS(=O)(=O)CC3CCCO3)C2=C2C=CC[C@@H](C(=O)N3C4CC3CN(C)C4)C21. The maximum absolute atomic E-state index is 14.7. The molecule has 0 radical (unpaired) electrons. The van der Waals surface area contributed by atoms with Crippen LogP contribution in [0.2, 0.25) is 0 Å². The highest BCUT2D eigenvalue weighted by Gasteiger charge is 2.52. The second kappa shape index (κ2) is 11.8. The maximum atomic E-state index is 14.7. The molecule has 4 unspecified atom stereocenters. The van der Waals surface area contributed by atoms with Crippen LogP contribution in [0.1, 0.15) is 80.9 Å². The number of fused-ring (bicyclic) bond motifs is 8. The Hall–Kier alpha value is -3.41. The summed E-state index contributed by atoms with van der Waals surface area (Å²) in [5.41, 5.74) is 6.58. The molecule has 3 saturated heterocycles. The fraction of sp³-hybridized carbons (Fsp3) is 0.579. The molecular formula is C38H46N4O6S. The van der Waals surface area contributed by atoms with E-state index in [4.69, 9.17) is 9.47 Å². The van der Waals surface area contributed by atoms with E-state index in [0.717, 1.165) is 77.8 Å². The lowest BCUT2D eigenvalue weighted by atomic mass is 9.74. The molecule has 260 valence electrons. The fourth-order valence-electron chi connectivity index (χ4n) is 10.1. The minimum atomic E-state index is -3.90. The van der Waals surface area contributed by atoms with Crippen LogP contribution < -0.4 is 9.46 Å². The number of methoxy groups -OCH3 is 1. The van der Waals surface area contributed by atoms with Gasteiger partial charge in [-0.05, 0) is 85.9 Å². The second-order valence-corrected chi connectivity index (χ2v) is 17.1. The minimum absolute atomic E-state index is 0.187. The largest absolute Gasteiger partial charge is 0.496 e. The lowest BCUT2D eigenvalue weighted by molar-refractivity contribution is -0.158. The number of carbonyl (C=O) groups is 2. The third-order valence-corrected chi connectivity index (χ3v) is 13.6. The molecule has 0 spiro atoms. The van der Waals surface area contributed by atoms with Gasteiger partial charge in [0.2, 0.25) is 15.9 Å². The Bertz CT molecular complexity index is 1930. The van der Waals surface area contributed by atoms with Crippen LogP contribution in [-0.4, -0.2) is 92.4 Å². The number of sulfonamides is 1. The van der Waals surface area contributed by atoms with E-state index in [1.54, 1.807) is 7.11 Å². The Kier molecular flexibility index (Phi) is 7.63. The van der Waals surface area contributed by atoms with E-state index in [1.165, 1.54) is 24.8 Å². The highest BCUT2D eigenvalue weighted by atomic mass is 32.2. The third kappa shape index (κ3) is 5.21. The zero-order chi connectivity index (χ0) is 33.6. The van der Waals surface area contributed by atoms with E-state index in [9.17, 15) is 18.0 Å². The van der Waals surface area contributed by atoms with Crippen molar-refractivity contribution < 1.29 is 27.5 Å². The number of allylic oxidation sites excluding steroid dienone is 4. The first-order chi connectivity index (χ1) is 23.7. The molecule has 2 amide bonds. The summed E-state index contributed by atoms with van der Waals surface area (Å²) < 4.78 is 42.5. The molecule has 49 heavy (non-hydrogen) atoms. The molecule has 3 aliphatic carbocycles. The van der Waals surface area contributed by atoms with E-state index in [-0.39, 0.29) is 35.6 Å². The van der Waals surface area contributed by atoms with E-state index in [1.807, 2.05) is 0 Å². The van der Waals surface area contributed by atoms with Gasteiger partial charge in [0.1, 0.15) is 5.75 Å². The summed E-state index contributed by atoms with van der Waals surface area (Å²) in [4.78, 5) is 33.0. The molecular weight excluding hydrogens is 641 g/mol. The molecule has 1 aromatic heterocycles. The number of likely N-dealkylation sites (N-methyl/N-ethyl adjacent to an activating group) is 1. The van der Waals surface area contributed by atoms with Crippen molar-refractivity contribution in [1.82, 2.24) is 19.1 Å². The van der Waals surface area contributed by atoms with Gasteiger partial charge in [-0.3, -0.25) is 9.59 Å². The zero-order valence-corrected chi connectivity index (χ0v) is 29.3. The quantitative estimate of drug-likeness (QED) is 0.457. The van der Waals surface area contributed by atoms with Crippen molar-refractivity contribution in [1.29, 1.82) is 0 Å². The molecule has 2 bridgehead atoms. The van der Waals surface area contributed by atoms with E-state index >= 15 is 0 Å². The zero-order valence-electron chi connectivity index (χ0n) is 28.4. The van der Waals surface area contributed by atoms with E-state index in [0.29, 0.717) is 37.5 Å². The lowest BCUT2D eigenvalue weighted by Gasteiger charge is -2.57. The first-order valence-corrected chi connectivity index (χ1v) is 19.9. The molecule has 1 N–H and O–H groups in total. The third-order valence-electron chi connectivity index (χ3n) is 12.3. The number of piperazine rings is 1. The Morgan fingerprint density at radius 2 is 1.86 bits per heavy atom. The van der Waals surface area contributed by atoms with Gasteiger partial charge < -0.3 is 23.8 Å². The summed E-state index contributed by atoms with van der Waals surface area (Å²) in [6, 6.07) is 7.02. The van der Waals surface area contributed by atoms with Crippen molar-refractivity contribution in [3.8, 4) is 5.75 Å². The number of aromatic nitrogens is 1. The van der Waals surface area contributed by atoms with Crippen molar-refractivity contribution in [2.45, 2.75) is 94.4 Å². The number of nitrogens with zero attached hydrogens (tertiary/aromatic N) is 3. The number of benzene rings is 1. The first kappa shape index (κ1) is 31.6. The molecule has 5 atom stereocenters. The Morgan fingerprint density at radius 1 is 1.06 bits per heavy atom. The number of rotatable bonds is 7. The Labute approximate surface area is 288 Å². The minimum Gasteiger partial charge on any atom is -0.496 e. The van der Waals surface area contributed by atoms with Crippen LogP contribution in [-0.2, 0) is 30.9 Å². The van der Waals surface area contributed by atoms with Gasteiger partial charge in [0.05, 0.1) is 36.0 Å². The van der Waals surface area contributed by atoms with Gasteiger partial charge >= 0.3 is 0 Å². The number of carbonyl (C=O) groups excluding carboxylic acids is 2. The molecule has 7 aliphatic rings. The van der Waals surface area contributed by atoms with Crippen molar-refractivity contribution in [3.05, 3.63) is 63.9 Å². The van der Waals surface area contributed by atoms with Crippen molar-refractivity contribution in [2.75, 3.05) is 39.6 Å². The summed E-state index contributed by atoms with van der Waals surface area (Å²) in [5, 5.41) is 1.04. The van der Waals surface area contributed by atoms with E-state index < -0.39 is 22.0 Å². The number of ether oxygens (including phenoxy) is 2. The molecule has 2 aromatic rings. The summed E-state index contributed by atoms with van der Waals surface area (Å²) in [5.74, 6) is 0.0231. The van der Waals surface area contributed by atoms with Crippen LogP contribution in [0.25, 0.3) is 10.9 Å². The fourth-order valence-corrected chi connectivity index (χ4v) is 11.4. The van der Waals surface area contributed by atoms with Gasteiger partial charge in [0.25, 0.3) is 5.91 Å². The van der Waals surface area contributed by atoms with Gasteiger partial charge in [-0.2, -0.15) is 0 Å². The number of hydrogen-bond acceptors (Lipinski definition) is 7. The molecule has 1 aromatic carbocycles. The summed E-state index contributed by atoms with van der Waals surface area (Å²) >= 11 is 0. The van der Waals surface area contributed by atoms with Crippen molar-refractivity contribution in [3.63, 3.8) is 0 Å².